The lowest BCUT2D eigenvalue weighted by atomic mass is 10.2. The van der Waals surface area contributed by atoms with Gasteiger partial charge in [-0.25, -0.2) is 10.4 Å². The Bertz CT molecular complexity index is 989. The minimum atomic E-state index is -0.382. The number of rotatable bonds is 5. The molecule has 3 aromatic rings. The van der Waals surface area contributed by atoms with Gasteiger partial charge in [-0.05, 0) is 30.3 Å². The monoisotopic (exact) mass is 369 g/mol. The van der Waals surface area contributed by atoms with Crippen molar-refractivity contribution in [2.45, 2.75) is 0 Å². The molecule has 0 aliphatic carbocycles. The summed E-state index contributed by atoms with van der Waals surface area (Å²) in [5.41, 5.74) is 4.26. The van der Waals surface area contributed by atoms with E-state index in [1.165, 1.54) is 20.4 Å². The van der Waals surface area contributed by atoms with Crippen molar-refractivity contribution in [1.82, 2.24) is 10.4 Å². The van der Waals surface area contributed by atoms with E-state index in [2.05, 4.69) is 15.5 Å². The van der Waals surface area contributed by atoms with Crippen LogP contribution in [0.5, 0.6) is 11.5 Å². The molecule has 1 amide bonds. The fraction of sp³-hybridized carbons (Fsp3) is 0.105. The van der Waals surface area contributed by atoms with E-state index in [1.54, 1.807) is 18.2 Å². The smallest absolute Gasteiger partial charge is 0.271 e. The van der Waals surface area contributed by atoms with Gasteiger partial charge in [-0.1, -0.05) is 29.8 Å². The summed E-state index contributed by atoms with van der Waals surface area (Å²) in [6.45, 7) is 0. The Balaban J connectivity index is 1.76. The van der Waals surface area contributed by atoms with Gasteiger partial charge in [0.25, 0.3) is 5.91 Å². The number of amides is 1. The number of carbonyl (C=O) groups excluding carboxylic acids is 1. The number of nitrogens with zero attached hydrogens (tertiary/aromatic N) is 2. The molecule has 26 heavy (non-hydrogen) atoms. The molecule has 2 aromatic carbocycles. The van der Waals surface area contributed by atoms with Crippen molar-refractivity contribution < 1.29 is 14.3 Å². The van der Waals surface area contributed by atoms with Crippen LogP contribution in [0.25, 0.3) is 10.9 Å². The molecule has 0 saturated carbocycles. The average Bonchev–Trinajstić information content (AvgIpc) is 2.67. The highest BCUT2D eigenvalue weighted by Crippen LogP contribution is 2.27. The molecule has 6 nitrogen and oxygen atoms in total. The van der Waals surface area contributed by atoms with Crippen LogP contribution >= 0.6 is 11.6 Å². The van der Waals surface area contributed by atoms with E-state index in [0.29, 0.717) is 27.8 Å². The highest BCUT2D eigenvalue weighted by molar-refractivity contribution is 6.32. The predicted molar refractivity (Wildman–Crippen MR) is 101 cm³/mol. The van der Waals surface area contributed by atoms with Gasteiger partial charge in [0, 0.05) is 16.5 Å². The van der Waals surface area contributed by atoms with Gasteiger partial charge in [0.1, 0.15) is 5.15 Å². The zero-order valence-electron chi connectivity index (χ0n) is 14.2. The van der Waals surface area contributed by atoms with Crippen LogP contribution in [0.1, 0.15) is 15.9 Å². The van der Waals surface area contributed by atoms with Gasteiger partial charge in [0.05, 0.1) is 26.0 Å². The molecule has 0 aliphatic heterocycles. The summed E-state index contributed by atoms with van der Waals surface area (Å²) in [6.07, 6.45) is 1.46. The second-order valence-corrected chi connectivity index (χ2v) is 5.69. The number of fused-ring (bicyclic) bond motifs is 1. The largest absolute Gasteiger partial charge is 0.493 e. The lowest BCUT2D eigenvalue weighted by Crippen LogP contribution is -2.17. The third-order valence-corrected chi connectivity index (χ3v) is 4.02. The van der Waals surface area contributed by atoms with Crippen LogP contribution < -0.4 is 14.9 Å². The lowest BCUT2D eigenvalue weighted by Gasteiger charge is -2.08. The summed E-state index contributed by atoms with van der Waals surface area (Å²) >= 11 is 6.16. The highest BCUT2D eigenvalue weighted by Gasteiger charge is 2.10. The van der Waals surface area contributed by atoms with Gasteiger partial charge in [-0.15, -0.1) is 0 Å². The van der Waals surface area contributed by atoms with Gasteiger partial charge in [0.2, 0.25) is 0 Å². The van der Waals surface area contributed by atoms with E-state index in [-0.39, 0.29) is 5.91 Å². The van der Waals surface area contributed by atoms with Crippen molar-refractivity contribution in [1.29, 1.82) is 0 Å². The number of methoxy groups -OCH3 is 2. The maximum absolute atomic E-state index is 12.2. The Kier molecular flexibility index (Phi) is 5.34. The first-order valence-electron chi connectivity index (χ1n) is 7.73. The molecule has 3 rings (SSSR count). The maximum atomic E-state index is 12.2. The molecule has 0 radical (unpaired) electrons. The minimum Gasteiger partial charge on any atom is -0.493 e. The van der Waals surface area contributed by atoms with E-state index >= 15 is 0 Å². The van der Waals surface area contributed by atoms with E-state index in [9.17, 15) is 4.79 Å². The molecule has 1 aromatic heterocycles. The Morgan fingerprint density at radius 1 is 1.12 bits per heavy atom. The van der Waals surface area contributed by atoms with Crippen LogP contribution in [-0.2, 0) is 0 Å². The second kappa shape index (κ2) is 7.84. The number of hydrogen-bond donors (Lipinski definition) is 1. The molecule has 0 bridgehead atoms. The summed E-state index contributed by atoms with van der Waals surface area (Å²) in [7, 11) is 3.04. The van der Waals surface area contributed by atoms with Crippen molar-refractivity contribution >= 4 is 34.6 Å². The summed E-state index contributed by atoms with van der Waals surface area (Å²) in [5, 5.41) is 5.21. The van der Waals surface area contributed by atoms with Crippen molar-refractivity contribution in [2.24, 2.45) is 5.10 Å². The standard InChI is InChI=1S/C19H16ClN3O3/c1-25-16-8-7-13(10-17(16)26-2)19(24)23-21-11-14-9-12-5-3-4-6-15(12)22-18(14)20/h3-11H,1-2H3,(H,23,24)/b21-11+. The van der Waals surface area contributed by atoms with Crippen molar-refractivity contribution in [3.05, 3.63) is 64.8 Å². The molecule has 1 heterocycles. The molecule has 7 heteroatoms. The summed E-state index contributed by atoms with van der Waals surface area (Å²) in [4.78, 5) is 16.5. The van der Waals surface area contributed by atoms with Crippen molar-refractivity contribution in [2.75, 3.05) is 14.2 Å². The number of benzene rings is 2. The number of nitrogens with one attached hydrogen (secondary N) is 1. The molecule has 0 saturated heterocycles. The van der Waals surface area contributed by atoms with Gasteiger partial charge in [0.15, 0.2) is 11.5 Å². The zero-order valence-corrected chi connectivity index (χ0v) is 14.9. The molecule has 0 atom stereocenters. The third-order valence-electron chi connectivity index (χ3n) is 3.72. The maximum Gasteiger partial charge on any atom is 0.271 e. The SMILES string of the molecule is COc1ccc(C(=O)N/N=C/c2cc3ccccc3nc2Cl)cc1OC. The topological polar surface area (TPSA) is 72.8 Å². The van der Waals surface area contributed by atoms with E-state index in [4.69, 9.17) is 21.1 Å². The van der Waals surface area contributed by atoms with Gasteiger partial charge in [-0.3, -0.25) is 4.79 Å². The molecule has 1 N–H and O–H groups in total. The zero-order chi connectivity index (χ0) is 18.5. The first-order valence-corrected chi connectivity index (χ1v) is 8.11. The fourth-order valence-corrected chi connectivity index (χ4v) is 2.60. The Hall–Kier alpha value is -3.12. The van der Waals surface area contributed by atoms with Crippen LogP contribution in [0.2, 0.25) is 5.15 Å². The molecular formula is C19H16ClN3O3. The van der Waals surface area contributed by atoms with Crippen LogP contribution in [0, 0.1) is 0 Å². The van der Waals surface area contributed by atoms with Gasteiger partial charge in [-0.2, -0.15) is 5.10 Å². The third kappa shape index (κ3) is 3.75. The predicted octanol–water partition coefficient (Wildman–Crippen LogP) is 3.67. The van der Waals surface area contributed by atoms with Crippen LogP contribution in [0.15, 0.2) is 53.6 Å². The number of halogens is 1. The molecule has 0 unspecified atom stereocenters. The molecule has 0 aliphatic rings. The van der Waals surface area contributed by atoms with Crippen molar-refractivity contribution in [3.63, 3.8) is 0 Å². The average molecular weight is 370 g/mol. The summed E-state index contributed by atoms with van der Waals surface area (Å²) in [6, 6.07) is 14.3. The second-order valence-electron chi connectivity index (χ2n) is 5.33. The number of aromatic nitrogens is 1. The normalized spacial score (nSPS) is 10.9. The van der Waals surface area contributed by atoms with E-state index in [1.807, 2.05) is 30.3 Å². The highest BCUT2D eigenvalue weighted by atomic mass is 35.5. The lowest BCUT2D eigenvalue weighted by molar-refractivity contribution is 0.0954. The van der Waals surface area contributed by atoms with Crippen LogP contribution in [0.3, 0.4) is 0 Å². The summed E-state index contributed by atoms with van der Waals surface area (Å²) in [5.74, 6) is 0.625. The number of hydrogen-bond acceptors (Lipinski definition) is 5. The van der Waals surface area contributed by atoms with Crippen LogP contribution in [-0.4, -0.2) is 31.3 Å². The Labute approximate surface area is 155 Å². The Morgan fingerprint density at radius 3 is 2.65 bits per heavy atom. The fourth-order valence-electron chi connectivity index (χ4n) is 2.40. The number of hydrazone groups is 1. The molecular weight excluding hydrogens is 354 g/mol. The quantitative estimate of drug-likeness (QED) is 0.423. The van der Waals surface area contributed by atoms with E-state index < -0.39 is 0 Å². The first-order chi connectivity index (χ1) is 12.6. The summed E-state index contributed by atoms with van der Waals surface area (Å²) < 4.78 is 10.3. The first kappa shape index (κ1) is 17.7. The number of para-hydroxylation sites is 1. The molecule has 0 fully saturated rings. The van der Waals surface area contributed by atoms with Gasteiger partial charge >= 0.3 is 0 Å². The Morgan fingerprint density at radius 2 is 1.88 bits per heavy atom. The van der Waals surface area contributed by atoms with Crippen molar-refractivity contribution in [3.8, 4) is 11.5 Å². The number of carbonyl (C=O) groups is 1. The van der Waals surface area contributed by atoms with Crippen LogP contribution in [0.4, 0.5) is 0 Å². The number of pyridine rings is 1. The molecule has 132 valence electrons. The molecule has 0 spiro atoms. The minimum absolute atomic E-state index is 0.313. The van der Waals surface area contributed by atoms with Gasteiger partial charge < -0.3 is 9.47 Å². The van der Waals surface area contributed by atoms with E-state index in [0.717, 1.165) is 10.9 Å². The number of ether oxygens (including phenoxy) is 2.